The van der Waals surface area contributed by atoms with Crippen LogP contribution in [0.3, 0.4) is 0 Å². The maximum absolute atomic E-state index is 12.7. The van der Waals surface area contributed by atoms with Gasteiger partial charge in [-0.2, -0.15) is 4.31 Å². The van der Waals surface area contributed by atoms with Gasteiger partial charge >= 0.3 is 0 Å². The van der Waals surface area contributed by atoms with Crippen LogP contribution in [0.1, 0.15) is 19.8 Å². The molecule has 0 saturated carbocycles. The minimum Gasteiger partial charge on any atom is -0.340 e. The summed E-state index contributed by atoms with van der Waals surface area (Å²) >= 11 is 1.25. The van der Waals surface area contributed by atoms with Crippen molar-refractivity contribution in [3.8, 4) is 0 Å². The van der Waals surface area contributed by atoms with Gasteiger partial charge in [-0.15, -0.1) is 11.3 Å². The van der Waals surface area contributed by atoms with E-state index < -0.39 is 10.0 Å². The number of piperidine rings is 1. The molecule has 0 N–H and O–H groups in total. The summed E-state index contributed by atoms with van der Waals surface area (Å²) in [7, 11) is -3.38. The smallest absolute Gasteiger partial charge is 0.252 e. The van der Waals surface area contributed by atoms with Gasteiger partial charge in [-0.25, -0.2) is 8.42 Å². The predicted molar refractivity (Wildman–Crippen MR) is 94.5 cm³/mol. The second-order valence-corrected chi connectivity index (χ2v) is 9.48. The zero-order valence-corrected chi connectivity index (χ0v) is 15.7. The van der Waals surface area contributed by atoms with Crippen LogP contribution >= 0.6 is 11.3 Å². The van der Waals surface area contributed by atoms with Crippen LogP contribution in [0.2, 0.25) is 0 Å². The van der Waals surface area contributed by atoms with Gasteiger partial charge in [0.15, 0.2) is 0 Å². The van der Waals surface area contributed by atoms with Gasteiger partial charge in [-0.3, -0.25) is 4.79 Å². The van der Waals surface area contributed by atoms with Crippen molar-refractivity contribution in [2.24, 2.45) is 5.92 Å². The second kappa shape index (κ2) is 7.51. The van der Waals surface area contributed by atoms with Crippen LogP contribution in [0.4, 0.5) is 0 Å². The molecule has 0 spiro atoms. The lowest BCUT2D eigenvalue weighted by Crippen LogP contribution is -2.51. The van der Waals surface area contributed by atoms with E-state index in [0.717, 1.165) is 32.7 Å². The first-order chi connectivity index (χ1) is 11.5. The number of sulfonamides is 1. The molecule has 2 aliphatic heterocycles. The molecule has 2 saturated heterocycles. The maximum Gasteiger partial charge on any atom is 0.252 e. The summed E-state index contributed by atoms with van der Waals surface area (Å²) in [4.78, 5) is 17.0. The van der Waals surface area contributed by atoms with Gasteiger partial charge < -0.3 is 9.80 Å². The molecular weight excluding hydrogens is 346 g/mol. The molecule has 3 rings (SSSR count). The lowest BCUT2D eigenvalue weighted by molar-refractivity contribution is -0.138. The monoisotopic (exact) mass is 371 g/mol. The average molecular weight is 372 g/mol. The Kier molecular flexibility index (Phi) is 5.59. The highest BCUT2D eigenvalue weighted by Gasteiger charge is 2.34. The van der Waals surface area contributed by atoms with Gasteiger partial charge in [0.05, 0.1) is 0 Å². The Morgan fingerprint density at radius 3 is 2.38 bits per heavy atom. The molecule has 24 heavy (non-hydrogen) atoms. The van der Waals surface area contributed by atoms with Gasteiger partial charge in [0, 0.05) is 45.2 Å². The van der Waals surface area contributed by atoms with Crippen LogP contribution in [0.5, 0.6) is 0 Å². The molecule has 0 aromatic carbocycles. The molecular formula is C16H25N3O3S2. The van der Waals surface area contributed by atoms with Crippen molar-refractivity contribution in [2.75, 3.05) is 45.8 Å². The standard InChI is InChI=1S/C16H25N3O3S2/c1-2-17-9-11-18(12-10-17)16(20)14-5-7-19(8-6-14)24(21,22)15-4-3-13-23-15/h3-4,13-14H,2,5-12H2,1H3. The molecule has 1 aromatic heterocycles. The number of hydrogen-bond donors (Lipinski definition) is 0. The van der Waals surface area contributed by atoms with E-state index in [9.17, 15) is 13.2 Å². The number of rotatable bonds is 4. The molecule has 0 aliphatic carbocycles. The van der Waals surface area contributed by atoms with Gasteiger partial charge in [0.25, 0.3) is 10.0 Å². The van der Waals surface area contributed by atoms with E-state index in [1.54, 1.807) is 17.5 Å². The molecule has 8 heteroatoms. The van der Waals surface area contributed by atoms with Crippen LogP contribution in [0, 0.1) is 5.92 Å². The summed E-state index contributed by atoms with van der Waals surface area (Å²) in [5, 5.41) is 1.78. The Hall–Kier alpha value is -0.960. The molecule has 2 fully saturated rings. The predicted octanol–water partition coefficient (Wildman–Crippen LogP) is 1.31. The number of thiophene rings is 1. The van der Waals surface area contributed by atoms with E-state index in [0.29, 0.717) is 30.1 Å². The maximum atomic E-state index is 12.7. The largest absolute Gasteiger partial charge is 0.340 e. The Bertz CT molecular complexity index is 644. The molecule has 6 nitrogen and oxygen atoms in total. The van der Waals surface area contributed by atoms with Crippen molar-refractivity contribution in [3.63, 3.8) is 0 Å². The Morgan fingerprint density at radius 2 is 1.83 bits per heavy atom. The third-order valence-corrected chi connectivity index (χ3v) is 8.30. The third-order valence-electron chi connectivity index (χ3n) is 5.02. The molecule has 0 unspecified atom stereocenters. The summed E-state index contributed by atoms with van der Waals surface area (Å²) in [6.45, 7) is 7.50. The normalized spacial score (nSPS) is 22.0. The second-order valence-electron chi connectivity index (χ2n) is 6.37. The summed E-state index contributed by atoms with van der Waals surface area (Å²) in [6.07, 6.45) is 1.24. The lowest BCUT2D eigenvalue weighted by atomic mass is 9.96. The summed E-state index contributed by atoms with van der Waals surface area (Å²) in [5.74, 6) is 0.173. The first-order valence-corrected chi connectivity index (χ1v) is 10.9. The number of likely N-dealkylation sites (N-methyl/N-ethyl adjacent to an activating group) is 1. The van der Waals surface area contributed by atoms with Crippen molar-refractivity contribution in [1.82, 2.24) is 14.1 Å². The summed E-state index contributed by atoms with van der Waals surface area (Å²) in [5.41, 5.74) is 0. The number of carbonyl (C=O) groups excluding carboxylic acids is 1. The molecule has 0 atom stereocenters. The number of nitrogens with zero attached hydrogens (tertiary/aromatic N) is 3. The number of carbonyl (C=O) groups is 1. The Balaban J connectivity index is 1.55. The molecule has 134 valence electrons. The van der Waals surface area contributed by atoms with Gasteiger partial charge in [-0.05, 0) is 30.8 Å². The zero-order valence-electron chi connectivity index (χ0n) is 14.1. The van der Waals surface area contributed by atoms with Crippen molar-refractivity contribution in [3.05, 3.63) is 17.5 Å². The van der Waals surface area contributed by atoms with Crippen molar-refractivity contribution in [1.29, 1.82) is 0 Å². The van der Waals surface area contributed by atoms with E-state index in [-0.39, 0.29) is 11.8 Å². The van der Waals surface area contributed by atoms with Crippen LogP contribution in [0.25, 0.3) is 0 Å². The minimum absolute atomic E-state index is 0.0343. The first kappa shape index (κ1) is 17.8. The van der Waals surface area contributed by atoms with Gasteiger partial charge in [0.1, 0.15) is 4.21 Å². The molecule has 1 amide bonds. The van der Waals surface area contributed by atoms with Crippen molar-refractivity contribution < 1.29 is 13.2 Å². The third kappa shape index (κ3) is 3.66. The zero-order chi connectivity index (χ0) is 17.2. The fourth-order valence-corrected chi connectivity index (χ4v) is 6.04. The van der Waals surface area contributed by atoms with Crippen molar-refractivity contribution >= 4 is 27.3 Å². The van der Waals surface area contributed by atoms with E-state index in [2.05, 4.69) is 11.8 Å². The Morgan fingerprint density at radius 1 is 1.17 bits per heavy atom. The lowest BCUT2D eigenvalue weighted by Gasteiger charge is -2.38. The van der Waals surface area contributed by atoms with Gasteiger partial charge in [-0.1, -0.05) is 13.0 Å². The SMILES string of the molecule is CCN1CCN(C(=O)C2CCN(S(=O)(=O)c3cccs3)CC2)CC1. The van der Waals surface area contributed by atoms with Crippen LogP contribution in [0.15, 0.2) is 21.7 Å². The topological polar surface area (TPSA) is 60.9 Å². The van der Waals surface area contributed by atoms with E-state index in [1.165, 1.54) is 15.6 Å². The number of hydrogen-bond acceptors (Lipinski definition) is 5. The van der Waals surface area contributed by atoms with E-state index in [4.69, 9.17) is 0 Å². The number of amides is 1. The van der Waals surface area contributed by atoms with Gasteiger partial charge in [0.2, 0.25) is 5.91 Å². The highest BCUT2D eigenvalue weighted by molar-refractivity contribution is 7.91. The highest BCUT2D eigenvalue weighted by Crippen LogP contribution is 2.27. The summed E-state index contributed by atoms with van der Waals surface area (Å²) in [6, 6.07) is 3.40. The molecule has 1 aromatic rings. The van der Waals surface area contributed by atoms with E-state index >= 15 is 0 Å². The minimum atomic E-state index is -3.38. The molecule has 0 radical (unpaired) electrons. The van der Waals surface area contributed by atoms with E-state index in [1.807, 2.05) is 4.90 Å². The fourth-order valence-electron chi connectivity index (χ4n) is 3.42. The number of piperazine rings is 1. The fraction of sp³-hybridized carbons (Fsp3) is 0.688. The van der Waals surface area contributed by atoms with Crippen LogP contribution < -0.4 is 0 Å². The molecule has 2 aliphatic rings. The highest BCUT2D eigenvalue weighted by atomic mass is 32.2. The molecule has 0 bridgehead atoms. The van der Waals surface area contributed by atoms with Crippen LogP contribution in [-0.2, 0) is 14.8 Å². The quantitative estimate of drug-likeness (QED) is 0.801. The Labute approximate surface area is 148 Å². The molecule has 3 heterocycles. The van der Waals surface area contributed by atoms with Crippen molar-refractivity contribution in [2.45, 2.75) is 24.0 Å². The first-order valence-electron chi connectivity index (χ1n) is 8.57. The average Bonchev–Trinajstić information content (AvgIpc) is 3.17. The summed E-state index contributed by atoms with van der Waals surface area (Å²) < 4.78 is 27.0. The van der Waals surface area contributed by atoms with Crippen LogP contribution in [-0.4, -0.2) is 74.2 Å².